The molecule has 0 saturated carbocycles. The summed E-state index contributed by atoms with van der Waals surface area (Å²) in [6.45, 7) is 2.87. The van der Waals surface area contributed by atoms with Gasteiger partial charge in [-0.2, -0.15) is 0 Å². The average molecular weight is 230 g/mol. The molecule has 1 aromatic heterocycles. The number of carbonyl (C=O) groups excluding carboxylic acids is 1. The number of carbonyl (C=O) groups is 1. The lowest BCUT2D eigenvalue weighted by Crippen LogP contribution is -2.11. The Bertz CT molecular complexity index is 492. The zero-order valence-electron chi connectivity index (χ0n) is 9.67. The van der Waals surface area contributed by atoms with Crippen LogP contribution < -0.4 is 0 Å². The highest BCUT2D eigenvalue weighted by Crippen LogP contribution is 2.08. The van der Waals surface area contributed by atoms with Crippen molar-refractivity contribution in [2.75, 3.05) is 6.61 Å². The lowest BCUT2D eigenvalue weighted by molar-refractivity contribution is 0.0490. The monoisotopic (exact) mass is 230 g/mol. The van der Waals surface area contributed by atoms with Gasteiger partial charge in [0, 0.05) is 12.4 Å². The van der Waals surface area contributed by atoms with Crippen molar-refractivity contribution in [2.24, 2.45) is 0 Å². The zero-order chi connectivity index (χ0) is 12.1. The summed E-state index contributed by atoms with van der Waals surface area (Å²) in [7, 11) is 0. The Morgan fingerprint density at radius 1 is 1.41 bits per heavy atom. The first-order chi connectivity index (χ1) is 8.27. The minimum absolute atomic E-state index is 0.275. The van der Waals surface area contributed by atoms with Crippen LogP contribution in [0.1, 0.15) is 15.9 Å². The molecule has 0 fully saturated rings. The number of aryl methyl sites for hydroxylation is 1. The molecule has 0 spiro atoms. The highest BCUT2D eigenvalue weighted by atomic mass is 16.5. The van der Waals surface area contributed by atoms with Crippen LogP contribution in [0.4, 0.5) is 0 Å². The van der Waals surface area contributed by atoms with Crippen LogP contribution in [-0.2, 0) is 11.3 Å². The second-order valence-electron chi connectivity index (χ2n) is 3.75. The molecule has 2 rings (SSSR count). The number of aromatic nitrogens is 2. The van der Waals surface area contributed by atoms with Crippen LogP contribution in [0.25, 0.3) is 0 Å². The van der Waals surface area contributed by atoms with Gasteiger partial charge in [-0.25, -0.2) is 9.78 Å². The Morgan fingerprint density at radius 2 is 2.24 bits per heavy atom. The van der Waals surface area contributed by atoms with Gasteiger partial charge in [0.1, 0.15) is 6.61 Å². The van der Waals surface area contributed by atoms with E-state index in [1.165, 1.54) is 0 Å². The van der Waals surface area contributed by atoms with Crippen LogP contribution >= 0.6 is 0 Å². The Hall–Kier alpha value is -2.10. The summed E-state index contributed by atoms with van der Waals surface area (Å²) < 4.78 is 7.06. The molecule has 0 aliphatic rings. The first-order valence-electron chi connectivity index (χ1n) is 5.46. The molecular formula is C13H14N2O2. The van der Waals surface area contributed by atoms with Gasteiger partial charge < -0.3 is 9.30 Å². The molecule has 1 heterocycles. The van der Waals surface area contributed by atoms with Crippen LogP contribution in [0, 0.1) is 6.92 Å². The van der Waals surface area contributed by atoms with Gasteiger partial charge in [0.25, 0.3) is 0 Å². The third kappa shape index (κ3) is 2.93. The second kappa shape index (κ2) is 5.30. The van der Waals surface area contributed by atoms with Gasteiger partial charge in [-0.05, 0) is 18.6 Å². The molecule has 1 aromatic carbocycles. The van der Waals surface area contributed by atoms with Crippen LogP contribution in [0.5, 0.6) is 0 Å². The van der Waals surface area contributed by atoms with Crippen molar-refractivity contribution >= 4 is 5.97 Å². The van der Waals surface area contributed by atoms with Gasteiger partial charge in [0.15, 0.2) is 0 Å². The zero-order valence-corrected chi connectivity index (χ0v) is 9.67. The quantitative estimate of drug-likeness (QED) is 0.755. The minimum atomic E-state index is -0.275. The topological polar surface area (TPSA) is 44.1 Å². The van der Waals surface area contributed by atoms with E-state index in [4.69, 9.17) is 4.74 Å². The average Bonchev–Trinajstić information content (AvgIpc) is 2.82. The number of imidazole rings is 1. The van der Waals surface area contributed by atoms with Crippen LogP contribution in [0.2, 0.25) is 0 Å². The summed E-state index contributed by atoms with van der Waals surface area (Å²) in [6.07, 6.45) is 5.23. The third-order valence-corrected chi connectivity index (χ3v) is 2.51. The molecule has 17 heavy (non-hydrogen) atoms. The Kier molecular flexibility index (Phi) is 3.55. The van der Waals surface area contributed by atoms with E-state index in [1.807, 2.05) is 35.9 Å². The first kappa shape index (κ1) is 11.4. The van der Waals surface area contributed by atoms with Crippen LogP contribution in [0.15, 0.2) is 43.0 Å². The number of esters is 1. The van der Waals surface area contributed by atoms with Gasteiger partial charge in [0.2, 0.25) is 0 Å². The summed E-state index contributed by atoms with van der Waals surface area (Å²) in [6, 6.07) is 7.40. The molecule has 0 N–H and O–H groups in total. The molecule has 0 aliphatic heterocycles. The van der Waals surface area contributed by atoms with Gasteiger partial charge in [-0.15, -0.1) is 0 Å². The summed E-state index contributed by atoms with van der Waals surface area (Å²) in [5.74, 6) is -0.275. The largest absolute Gasteiger partial charge is 0.460 e. The van der Waals surface area contributed by atoms with Crippen molar-refractivity contribution in [2.45, 2.75) is 13.5 Å². The van der Waals surface area contributed by atoms with Crippen molar-refractivity contribution in [3.8, 4) is 0 Å². The standard InChI is InChI=1S/C13H14N2O2/c1-11-4-2-3-5-12(11)13(16)17-9-8-15-7-6-14-10-15/h2-7,10H,8-9H2,1H3. The molecule has 0 aliphatic carbocycles. The molecule has 0 atom stereocenters. The van der Waals surface area contributed by atoms with Crippen molar-refractivity contribution in [3.05, 3.63) is 54.1 Å². The summed E-state index contributed by atoms with van der Waals surface area (Å²) >= 11 is 0. The summed E-state index contributed by atoms with van der Waals surface area (Å²) in [4.78, 5) is 15.7. The van der Waals surface area contributed by atoms with Crippen LogP contribution in [0.3, 0.4) is 0 Å². The Labute approximate surface area is 99.9 Å². The number of hydrogen-bond acceptors (Lipinski definition) is 3. The minimum Gasteiger partial charge on any atom is -0.460 e. The fourth-order valence-electron chi connectivity index (χ4n) is 1.54. The number of rotatable bonds is 4. The molecule has 0 unspecified atom stereocenters. The highest BCUT2D eigenvalue weighted by molar-refractivity contribution is 5.90. The lowest BCUT2D eigenvalue weighted by atomic mass is 10.1. The third-order valence-electron chi connectivity index (χ3n) is 2.51. The van der Waals surface area contributed by atoms with E-state index >= 15 is 0 Å². The van der Waals surface area contributed by atoms with Crippen molar-refractivity contribution in [1.82, 2.24) is 9.55 Å². The smallest absolute Gasteiger partial charge is 0.338 e. The normalized spacial score (nSPS) is 10.2. The maximum absolute atomic E-state index is 11.7. The molecule has 0 saturated heterocycles. The van der Waals surface area contributed by atoms with E-state index in [0.29, 0.717) is 18.7 Å². The first-order valence-corrected chi connectivity index (χ1v) is 5.46. The lowest BCUT2D eigenvalue weighted by Gasteiger charge is -2.07. The molecule has 4 nitrogen and oxygen atoms in total. The van der Waals surface area contributed by atoms with Crippen molar-refractivity contribution < 1.29 is 9.53 Å². The summed E-state index contributed by atoms with van der Waals surface area (Å²) in [5, 5.41) is 0. The van der Waals surface area contributed by atoms with Crippen molar-refractivity contribution in [3.63, 3.8) is 0 Å². The number of ether oxygens (including phenoxy) is 1. The van der Waals surface area contributed by atoms with Crippen LogP contribution in [-0.4, -0.2) is 22.1 Å². The predicted molar refractivity (Wildman–Crippen MR) is 63.7 cm³/mol. The van der Waals surface area contributed by atoms with Gasteiger partial charge in [0.05, 0.1) is 18.4 Å². The second-order valence-corrected chi connectivity index (χ2v) is 3.75. The predicted octanol–water partition coefficient (Wildman–Crippen LogP) is 2.05. The fraction of sp³-hybridized carbons (Fsp3) is 0.231. The molecule has 2 aromatic rings. The van der Waals surface area contributed by atoms with E-state index in [9.17, 15) is 4.79 Å². The van der Waals surface area contributed by atoms with Gasteiger partial charge >= 0.3 is 5.97 Å². The van der Waals surface area contributed by atoms with Gasteiger partial charge in [-0.3, -0.25) is 0 Å². The summed E-state index contributed by atoms with van der Waals surface area (Å²) in [5.41, 5.74) is 1.55. The maximum Gasteiger partial charge on any atom is 0.338 e. The fourth-order valence-corrected chi connectivity index (χ4v) is 1.54. The number of benzene rings is 1. The van der Waals surface area contributed by atoms with Crippen molar-refractivity contribution in [1.29, 1.82) is 0 Å². The maximum atomic E-state index is 11.7. The van der Waals surface area contributed by atoms with E-state index in [0.717, 1.165) is 5.56 Å². The van der Waals surface area contributed by atoms with E-state index in [-0.39, 0.29) is 5.97 Å². The SMILES string of the molecule is Cc1ccccc1C(=O)OCCn1ccnc1. The molecule has 0 amide bonds. The Balaban J connectivity index is 1.88. The molecule has 4 heteroatoms. The van der Waals surface area contributed by atoms with E-state index in [1.54, 1.807) is 18.6 Å². The molecule has 0 radical (unpaired) electrons. The highest BCUT2D eigenvalue weighted by Gasteiger charge is 2.08. The molecule has 0 bridgehead atoms. The van der Waals surface area contributed by atoms with E-state index < -0.39 is 0 Å². The van der Waals surface area contributed by atoms with Gasteiger partial charge in [-0.1, -0.05) is 18.2 Å². The van der Waals surface area contributed by atoms with E-state index in [2.05, 4.69) is 4.98 Å². The molecule has 88 valence electrons. The molecular weight excluding hydrogens is 216 g/mol. The Morgan fingerprint density at radius 3 is 2.94 bits per heavy atom. The number of hydrogen-bond donors (Lipinski definition) is 0. The number of nitrogens with zero attached hydrogens (tertiary/aromatic N) is 2.